The van der Waals surface area contributed by atoms with Crippen molar-refractivity contribution in [3.05, 3.63) is 0 Å². The van der Waals surface area contributed by atoms with Crippen molar-refractivity contribution in [2.75, 3.05) is 19.8 Å². The van der Waals surface area contributed by atoms with Crippen molar-refractivity contribution in [2.24, 2.45) is 0 Å². The van der Waals surface area contributed by atoms with E-state index in [4.69, 9.17) is 9.84 Å². The van der Waals surface area contributed by atoms with Crippen LogP contribution in [0.15, 0.2) is 0 Å². The standard InChI is InChI=1S/C12H22N2O4/c1-4-12(3,5-2)13-11(17)14-6-7-18-8-9(14)10(15)16/h9H,4-8H2,1-3H3,(H,13,17)(H,15,16). The van der Waals surface area contributed by atoms with E-state index in [0.717, 1.165) is 12.8 Å². The summed E-state index contributed by atoms with van der Waals surface area (Å²) < 4.78 is 5.10. The van der Waals surface area contributed by atoms with Crippen LogP contribution in [0.3, 0.4) is 0 Å². The van der Waals surface area contributed by atoms with Crippen molar-refractivity contribution >= 4 is 12.0 Å². The Kier molecular flexibility index (Phi) is 4.95. The summed E-state index contributed by atoms with van der Waals surface area (Å²) in [6.07, 6.45) is 1.61. The second kappa shape index (κ2) is 6.04. The first-order valence-corrected chi connectivity index (χ1v) is 6.33. The molecule has 1 saturated heterocycles. The van der Waals surface area contributed by atoms with Gasteiger partial charge in [-0.1, -0.05) is 13.8 Å². The Hall–Kier alpha value is -1.30. The Morgan fingerprint density at radius 1 is 1.44 bits per heavy atom. The van der Waals surface area contributed by atoms with Crippen LogP contribution in [0.4, 0.5) is 4.79 Å². The summed E-state index contributed by atoms with van der Waals surface area (Å²) in [6.45, 7) is 6.70. The molecule has 6 heteroatoms. The summed E-state index contributed by atoms with van der Waals surface area (Å²) >= 11 is 0. The molecule has 18 heavy (non-hydrogen) atoms. The van der Waals surface area contributed by atoms with E-state index in [1.54, 1.807) is 0 Å². The molecule has 2 amide bonds. The van der Waals surface area contributed by atoms with Crippen LogP contribution in [0.5, 0.6) is 0 Å². The van der Waals surface area contributed by atoms with E-state index < -0.39 is 12.0 Å². The molecule has 1 unspecified atom stereocenters. The van der Waals surface area contributed by atoms with Crippen molar-refractivity contribution in [1.82, 2.24) is 10.2 Å². The predicted octanol–water partition coefficient (Wildman–Crippen LogP) is 1.06. The molecule has 1 atom stereocenters. The molecule has 2 N–H and O–H groups in total. The fraction of sp³-hybridized carbons (Fsp3) is 0.833. The van der Waals surface area contributed by atoms with Crippen molar-refractivity contribution in [3.63, 3.8) is 0 Å². The Bertz CT molecular complexity index is 315. The second-order valence-electron chi connectivity index (χ2n) is 4.82. The van der Waals surface area contributed by atoms with E-state index in [2.05, 4.69) is 5.32 Å². The Balaban J connectivity index is 2.72. The van der Waals surface area contributed by atoms with Gasteiger partial charge in [0, 0.05) is 12.1 Å². The molecule has 0 aromatic heterocycles. The van der Waals surface area contributed by atoms with Crippen LogP contribution in [0.2, 0.25) is 0 Å². The SMILES string of the molecule is CCC(C)(CC)NC(=O)N1CCOCC1C(=O)O. The maximum atomic E-state index is 12.1. The first kappa shape index (κ1) is 14.8. The van der Waals surface area contributed by atoms with Crippen LogP contribution < -0.4 is 5.32 Å². The third kappa shape index (κ3) is 3.35. The van der Waals surface area contributed by atoms with Crippen LogP contribution in [-0.4, -0.2) is 53.3 Å². The predicted molar refractivity (Wildman–Crippen MR) is 66.5 cm³/mol. The number of carbonyl (C=O) groups is 2. The van der Waals surface area contributed by atoms with E-state index in [1.165, 1.54) is 4.90 Å². The minimum atomic E-state index is -1.03. The van der Waals surface area contributed by atoms with Gasteiger partial charge in [-0.25, -0.2) is 9.59 Å². The van der Waals surface area contributed by atoms with Crippen molar-refractivity contribution in [3.8, 4) is 0 Å². The molecule has 0 saturated carbocycles. The smallest absolute Gasteiger partial charge is 0.328 e. The number of rotatable bonds is 4. The van der Waals surface area contributed by atoms with E-state index in [0.29, 0.717) is 13.2 Å². The summed E-state index contributed by atoms with van der Waals surface area (Å²) in [5.41, 5.74) is -0.293. The largest absolute Gasteiger partial charge is 0.480 e. The van der Waals surface area contributed by atoms with E-state index in [9.17, 15) is 9.59 Å². The minimum Gasteiger partial charge on any atom is -0.480 e. The van der Waals surface area contributed by atoms with Crippen molar-refractivity contribution < 1.29 is 19.4 Å². The molecule has 1 fully saturated rings. The zero-order valence-corrected chi connectivity index (χ0v) is 11.2. The van der Waals surface area contributed by atoms with Crippen LogP contribution >= 0.6 is 0 Å². The first-order valence-electron chi connectivity index (χ1n) is 6.33. The van der Waals surface area contributed by atoms with Crippen LogP contribution in [0, 0.1) is 0 Å². The van der Waals surface area contributed by atoms with Gasteiger partial charge in [0.15, 0.2) is 6.04 Å². The molecule has 0 aromatic carbocycles. The lowest BCUT2D eigenvalue weighted by molar-refractivity contribution is -0.147. The van der Waals surface area contributed by atoms with Gasteiger partial charge in [-0.3, -0.25) is 0 Å². The highest BCUT2D eigenvalue weighted by molar-refractivity contribution is 5.83. The molecule has 0 aromatic rings. The quantitative estimate of drug-likeness (QED) is 0.790. The van der Waals surface area contributed by atoms with E-state index in [-0.39, 0.29) is 18.2 Å². The highest BCUT2D eigenvalue weighted by atomic mass is 16.5. The molecule has 104 valence electrons. The topological polar surface area (TPSA) is 78.9 Å². The number of morpholine rings is 1. The van der Waals surface area contributed by atoms with Gasteiger partial charge in [-0.05, 0) is 19.8 Å². The zero-order valence-electron chi connectivity index (χ0n) is 11.2. The molecule has 1 heterocycles. The van der Waals surface area contributed by atoms with Gasteiger partial charge in [0.25, 0.3) is 0 Å². The van der Waals surface area contributed by atoms with Gasteiger partial charge in [0.1, 0.15) is 0 Å². The van der Waals surface area contributed by atoms with Crippen molar-refractivity contribution in [1.29, 1.82) is 0 Å². The summed E-state index contributed by atoms with van der Waals surface area (Å²) in [5, 5.41) is 12.0. The van der Waals surface area contributed by atoms with Crippen molar-refractivity contribution in [2.45, 2.75) is 45.2 Å². The monoisotopic (exact) mass is 258 g/mol. The minimum absolute atomic E-state index is 0.0533. The molecule has 1 aliphatic heterocycles. The highest BCUT2D eigenvalue weighted by Crippen LogP contribution is 2.16. The Morgan fingerprint density at radius 3 is 2.56 bits per heavy atom. The van der Waals surface area contributed by atoms with Gasteiger partial charge in [0.2, 0.25) is 0 Å². The lowest BCUT2D eigenvalue weighted by Gasteiger charge is -2.37. The molecule has 1 aliphatic rings. The maximum Gasteiger partial charge on any atom is 0.328 e. The van der Waals surface area contributed by atoms with Crippen LogP contribution in [0.25, 0.3) is 0 Å². The third-order valence-corrected chi connectivity index (χ3v) is 3.64. The van der Waals surface area contributed by atoms with E-state index in [1.807, 2.05) is 20.8 Å². The van der Waals surface area contributed by atoms with Gasteiger partial charge in [0.05, 0.1) is 13.2 Å². The number of hydrogen-bond acceptors (Lipinski definition) is 3. The number of nitrogens with one attached hydrogen (secondary N) is 1. The zero-order chi connectivity index (χ0) is 13.8. The average molecular weight is 258 g/mol. The number of hydrogen-bond donors (Lipinski definition) is 2. The first-order chi connectivity index (χ1) is 8.43. The number of urea groups is 1. The third-order valence-electron chi connectivity index (χ3n) is 3.64. The number of carboxylic acid groups (broad SMARTS) is 1. The average Bonchev–Trinajstić information content (AvgIpc) is 2.38. The fourth-order valence-corrected chi connectivity index (χ4v) is 1.81. The number of carboxylic acids is 1. The Labute approximate surface area is 107 Å². The lowest BCUT2D eigenvalue weighted by atomic mass is 9.96. The Morgan fingerprint density at radius 2 is 2.06 bits per heavy atom. The number of amides is 2. The van der Waals surface area contributed by atoms with Gasteiger partial charge in [-0.2, -0.15) is 0 Å². The summed E-state index contributed by atoms with van der Waals surface area (Å²) in [6, 6.07) is -1.21. The summed E-state index contributed by atoms with van der Waals surface area (Å²) in [4.78, 5) is 24.6. The number of aliphatic carboxylic acids is 1. The summed E-state index contributed by atoms with van der Waals surface area (Å²) in [5.74, 6) is -1.03. The van der Waals surface area contributed by atoms with Gasteiger partial charge in [-0.15, -0.1) is 0 Å². The number of carbonyl (C=O) groups excluding carboxylic acids is 1. The maximum absolute atomic E-state index is 12.1. The molecule has 0 spiro atoms. The lowest BCUT2D eigenvalue weighted by Crippen LogP contribution is -2.59. The normalized spacial score (nSPS) is 20.6. The highest BCUT2D eigenvalue weighted by Gasteiger charge is 2.35. The second-order valence-corrected chi connectivity index (χ2v) is 4.82. The van der Waals surface area contributed by atoms with E-state index >= 15 is 0 Å². The number of nitrogens with zero attached hydrogens (tertiary/aromatic N) is 1. The molecule has 0 bridgehead atoms. The number of ether oxygens (including phenoxy) is 1. The molecular formula is C12H22N2O4. The molecule has 1 rings (SSSR count). The van der Waals surface area contributed by atoms with Gasteiger partial charge < -0.3 is 20.1 Å². The molecule has 0 aliphatic carbocycles. The molecule has 0 radical (unpaired) electrons. The molecular weight excluding hydrogens is 236 g/mol. The summed E-state index contributed by atoms with van der Waals surface area (Å²) in [7, 11) is 0. The van der Waals surface area contributed by atoms with Crippen LogP contribution in [-0.2, 0) is 9.53 Å². The van der Waals surface area contributed by atoms with Gasteiger partial charge >= 0.3 is 12.0 Å². The fourth-order valence-electron chi connectivity index (χ4n) is 1.81. The van der Waals surface area contributed by atoms with Crippen LogP contribution in [0.1, 0.15) is 33.6 Å². The molecule has 6 nitrogen and oxygen atoms in total.